The van der Waals surface area contributed by atoms with Gasteiger partial charge in [0.15, 0.2) is 5.76 Å². The van der Waals surface area contributed by atoms with Gasteiger partial charge in [0.1, 0.15) is 11.8 Å². The average Bonchev–Trinajstić information content (AvgIpc) is 3.49. The van der Waals surface area contributed by atoms with E-state index in [1.807, 2.05) is 54.6 Å². The summed E-state index contributed by atoms with van der Waals surface area (Å²) in [7, 11) is 1.64. The van der Waals surface area contributed by atoms with Gasteiger partial charge in [-0.3, -0.25) is 10.1 Å². The van der Waals surface area contributed by atoms with Crippen LogP contribution in [0, 0.1) is 0 Å². The van der Waals surface area contributed by atoms with Crippen LogP contribution in [0.5, 0.6) is 5.75 Å². The zero-order chi connectivity index (χ0) is 21.2. The monoisotopic (exact) mass is 413 g/mol. The maximum Gasteiger partial charge on any atom is 0.293 e. The molecule has 3 heterocycles. The number of methoxy groups -OCH3 is 1. The van der Waals surface area contributed by atoms with Crippen molar-refractivity contribution in [1.82, 2.24) is 14.8 Å². The van der Waals surface area contributed by atoms with Gasteiger partial charge >= 0.3 is 0 Å². The third-order valence-electron chi connectivity index (χ3n) is 4.98. The number of ether oxygens (including phenoxy) is 1. The molecule has 0 saturated carbocycles. The van der Waals surface area contributed by atoms with Crippen LogP contribution in [0.2, 0.25) is 0 Å². The molecule has 2 aromatic heterocycles. The van der Waals surface area contributed by atoms with Crippen LogP contribution in [0.1, 0.15) is 27.7 Å². The van der Waals surface area contributed by atoms with Gasteiger partial charge in [-0.05, 0) is 41.5 Å². The number of anilines is 2. The highest BCUT2D eigenvalue weighted by Gasteiger charge is 2.26. The summed E-state index contributed by atoms with van der Waals surface area (Å²) in [6, 6.07) is 20.8. The molecule has 1 amide bonds. The number of amides is 1. The van der Waals surface area contributed by atoms with E-state index in [9.17, 15) is 4.79 Å². The fraction of sp³-hybridized carbons (Fsp3) is 0.0870. The first-order valence-electron chi connectivity index (χ1n) is 9.71. The topological polar surface area (TPSA) is 94.2 Å². The molecule has 0 fully saturated rings. The summed E-state index contributed by atoms with van der Waals surface area (Å²) in [5.41, 5.74) is 2.94. The zero-order valence-corrected chi connectivity index (χ0v) is 16.6. The maximum atomic E-state index is 12.4. The third-order valence-corrected chi connectivity index (χ3v) is 4.98. The van der Waals surface area contributed by atoms with E-state index in [0.717, 1.165) is 22.6 Å². The van der Waals surface area contributed by atoms with Crippen molar-refractivity contribution >= 4 is 23.5 Å². The van der Waals surface area contributed by atoms with E-state index >= 15 is 0 Å². The smallest absolute Gasteiger partial charge is 0.293 e. The van der Waals surface area contributed by atoms with E-state index in [-0.39, 0.29) is 17.8 Å². The Balaban J connectivity index is 1.52. The molecule has 8 nitrogen and oxygen atoms in total. The quantitative estimate of drug-likeness (QED) is 0.510. The Bertz CT molecular complexity index is 1230. The number of nitrogens with one attached hydrogen (secondary N) is 2. The van der Waals surface area contributed by atoms with Gasteiger partial charge in [-0.1, -0.05) is 42.5 Å². The van der Waals surface area contributed by atoms with Gasteiger partial charge in [0, 0.05) is 5.70 Å². The predicted octanol–water partition coefficient (Wildman–Crippen LogP) is 4.19. The number of allylic oxidation sites excluding steroid dienone is 1. The van der Waals surface area contributed by atoms with Crippen molar-refractivity contribution < 1.29 is 13.9 Å². The molecular weight excluding hydrogens is 394 g/mol. The maximum absolute atomic E-state index is 12.4. The summed E-state index contributed by atoms with van der Waals surface area (Å²) in [6.45, 7) is 0. The van der Waals surface area contributed by atoms with Crippen LogP contribution in [-0.4, -0.2) is 27.8 Å². The molecule has 1 atom stereocenters. The molecule has 0 bridgehead atoms. The molecule has 0 radical (unpaired) electrons. The number of benzene rings is 2. The molecule has 2 N–H and O–H groups in total. The second-order valence-electron chi connectivity index (χ2n) is 6.92. The van der Waals surface area contributed by atoms with Crippen molar-refractivity contribution in [2.24, 2.45) is 0 Å². The highest BCUT2D eigenvalue weighted by atomic mass is 16.5. The molecule has 1 aliphatic rings. The molecule has 8 heteroatoms. The van der Waals surface area contributed by atoms with Crippen molar-refractivity contribution in [3.05, 3.63) is 96.0 Å². The second kappa shape index (κ2) is 7.83. The normalized spacial score (nSPS) is 14.9. The van der Waals surface area contributed by atoms with E-state index in [2.05, 4.69) is 26.8 Å². The third kappa shape index (κ3) is 3.66. The lowest BCUT2D eigenvalue weighted by Gasteiger charge is -2.24. The van der Waals surface area contributed by atoms with Gasteiger partial charge in [-0.25, -0.2) is 4.68 Å². The van der Waals surface area contributed by atoms with Crippen LogP contribution in [0.15, 0.2) is 83.5 Å². The Morgan fingerprint density at radius 3 is 2.61 bits per heavy atom. The number of carbonyl (C=O) groups excluding carboxylic acids is 1. The van der Waals surface area contributed by atoms with Crippen LogP contribution in [-0.2, 0) is 0 Å². The molecule has 154 valence electrons. The van der Waals surface area contributed by atoms with Gasteiger partial charge in [0.05, 0.1) is 13.4 Å². The van der Waals surface area contributed by atoms with Gasteiger partial charge in [-0.2, -0.15) is 4.98 Å². The molecular formula is C23H19N5O3. The second-order valence-corrected chi connectivity index (χ2v) is 6.92. The molecule has 2 aromatic carbocycles. The molecule has 5 rings (SSSR count). The Hall–Kier alpha value is -4.33. The summed E-state index contributed by atoms with van der Waals surface area (Å²) in [5.74, 6) is 1.26. The lowest BCUT2D eigenvalue weighted by molar-refractivity contribution is 0.0996. The summed E-state index contributed by atoms with van der Waals surface area (Å²) in [4.78, 5) is 16.8. The summed E-state index contributed by atoms with van der Waals surface area (Å²) >= 11 is 0. The highest BCUT2D eigenvalue weighted by Crippen LogP contribution is 2.33. The number of hydrogen-bond acceptors (Lipinski definition) is 6. The molecule has 4 aromatic rings. The predicted molar refractivity (Wildman–Crippen MR) is 116 cm³/mol. The molecule has 0 spiro atoms. The van der Waals surface area contributed by atoms with Crippen molar-refractivity contribution in [3.63, 3.8) is 0 Å². The first-order chi connectivity index (χ1) is 15.2. The SMILES string of the molecule is COc1ccc([C@@H]2C=C(c3ccccc3)Nc3nc(NC(=O)c4ccco4)nn32)cc1. The number of rotatable bonds is 5. The Morgan fingerprint density at radius 2 is 1.90 bits per heavy atom. The van der Waals surface area contributed by atoms with Crippen LogP contribution in [0.25, 0.3) is 5.70 Å². The van der Waals surface area contributed by atoms with Crippen molar-refractivity contribution in [2.75, 3.05) is 17.7 Å². The minimum absolute atomic E-state index is 0.185. The molecule has 0 unspecified atom stereocenters. The fourth-order valence-electron chi connectivity index (χ4n) is 3.44. The number of aromatic nitrogens is 3. The number of nitrogens with zero attached hydrogens (tertiary/aromatic N) is 3. The van der Waals surface area contributed by atoms with Crippen molar-refractivity contribution in [3.8, 4) is 5.75 Å². The number of furan rings is 1. The molecule has 1 aliphatic heterocycles. The first-order valence-corrected chi connectivity index (χ1v) is 9.71. The molecule has 31 heavy (non-hydrogen) atoms. The van der Waals surface area contributed by atoms with Gasteiger partial charge in [0.25, 0.3) is 11.9 Å². The highest BCUT2D eigenvalue weighted by molar-refractivity contribution is 6.01. The number of hydrogen-bond donors (Lipinski definition) is 2. The van der Waals surface area contributed by atoms with Crippen LogP contribution in [0.4, 0.5) is 11.9 Å². The Morgan fingerprint density at radius 1 is 1.10 bits per heavy atom. The summed E-state index contributed by atoms with van der Waals surface area (Å²) in [5, 5.41) is 10.5. The fourth-order valence-corrected chi connectivity index (χ4v) is 3.44. The van der Waals surface area contributed by atoms with Crippen LogP contribution < -0.4 is 15.4 Å². The van der Waals surface area contributed by atoms with Crippen molar-refractivity contribution in [1.29, 1.82) is 0 Å². The summed E-state index contributed by atoms with van der Waals surface area (Å²) < 4.78 is 12.2. The lowest BCUT2D eigenvalue weighted by atomic mass is 10.0. The Kier molecular flexibility index (Phi) is 4.72. The van der Waals surface area contributed by atoms with Crippen molar-refractivity contribution in [2.45, 2.75) is 6.04 Å². The summed E-state index contributed by atoms with van der Waals surface area (Å²) in [6.07, 6.45) is 3.52. The average molecular weight is 413 g/mol. The molecule has 0 saturated heterocycles. The Labute approximate surface area is 178 Å². The first kappa shape index (κ1) is 18.7. The van der Waals surface area contributed by atoms with Gasteiger partial charge in [0.2, 0.25) is 5.95 Å². The van der Waals surface area contributed by atoms with E-state index < -0.39 is 5.91 Å². The lowest BCUT2D eigenvalue weighted by Crippen LogP contribution is -2.20. The zero-order valence-electron chi connectivity index (χ0n) is 16.6. The minimum atomic E-state index is -0.412. The van der Waals surface area contributed by atoms with Gasteiger partial charge < -0.3 is 14.5 Å². The van der Waals surface area contributed by atoms with Crippen LogP contribution in [0.3, 0.4) is 0 Å². The van der Waals surface area contributed by atoms with E-state index in [4.69, 9.17) is 9.15 Å². The van der Waals surface area contributed by atoms with Gasteiger partial charge in [-0.15, -0.1) is 5.10 Å². The number of carbonyl (C=O) groups is 1. The van der Waals surface area contributed by atoms with E-state index in [1.54, 1.807) is 23.9 Å². The molecule has 0 aliphatic carbocycles. The standard InChI is InChI=1S/C23H19N5O3/c1-30-17-11-9-16(10-12-17)19-14-18(15-6-3-2-4-7-15)24-23-26-22(27-28(19)23)25-21(29)20-8-5-13-31-20/h2-14,19H,1H3,(H2,24,25,26,27,29)/t19-/m0/s1. The van der Waals surface area contributed by atoms with E-state index in [1.165, 1.54) is 6.26 Å². The largest absolute Gasteiger partial charge is 0.497 e. The number of fused-ring (bicyclic) bond motifs is 1. The van der Waals surface area contributed by atoms with Crippen LogP contribution >= 0.6 is 0 Å². The minimum Gasteiger partial charge on any atom is -0.497 e. The van der Waals surface area contributed by atoms with E-state index in [0.29, 0.717) is 5.95 Å².